The Labute approximate surface area is 128 Å². The monoisotopic (exact) mass is 312 g/mol. The molecule has 0 aliphatic heterocycles. The molecule has 7 heteroatoms. The summed E-state index contributed by atoms with van der Waals surface area (Å²) in [5.74, 6) is -0.489. The molecule has 4 N–H and O–H groups in total. The lowest BCUT2D eigenvalue weighted by molar-refractivity contribution is -0.142. The van der Waals surface area contributed by atoms with Crippen LogP contribution in [0.25, 0.3) is 6.08 Å². The van der Waals surface area contributed by atoms with E-state index in [1.165, 1.54) is 24.3 Å². The normalized spacial score (nSPS) is 14.0. The lowest BCUT2D eigenvalue weighted by Crippen LogP contribution is -2.27. The second kappa shape index (κ2) is 9.91. The van der Waals surface area contributed by atoms with Crippen molar-refractivity contribution in [1.82, 2.24) is 0 Å². The van der Waals surface area contributed by atoms with E-state index in [-0.39, 0.29) is 25.6 Å². The quantitative estimate of drug-likeness (QED) is 0.365. The zero-order valence-electron chi connectivity index (χ0n) is 12.0. The van der Waals surface area contributed by atoms with Crippen molar-refractivity contribution in [2.75, 3.05) is 26.4 Å². The first-order chi connectivity index (χ1) is 10.5. The summed E-state index contributed by atoms with van der Waals surface area (Å²) in [5.41, 5.74) is 0.719. The van der Waals surface area contributed by atoms with Gasteiger partial charge in [0.25, 0.3) is 0 Å². The highest BCUT2D eigenvalue weighted by molar-refractivity contribution is 5.87. The first kappa shape index (κ1) is 18.1. The lowest BCUT2D eigenvalue weighted by Gasteiger charge is -2.12. The molecule has 122 valence electrons. The van der Waals surface area contributed by atoms with Crippen molar-refractivity contribution in [2.24, 2.45) is 0 Å². The smallest absolute Gasteiger partial charge is 0.330 e. The van der Waals surface area contributed by atoms with Gasteiger partial charge in [-0.15, -0.1) is 0 Å². The van der Waals surface area contributed by atoms with Crippen LogP contribution in [0.15, 0.2) is 30.3 Å². The highest BCUT2D eigenvalue weighted by atomic mass is 16.5. The van der Waals surface area contributed by atoms with Crippen molar-refractivity contribution in [3.63, 3.8) is 0 Å². The summed E-state index contributed by atoms with van der Waals surface area (Å²) in [6, 6.07) is 6.25. The number of phenolic OH excluding ortho intramolecular Hbond substituents is 1. The second-order valence-corrected chi connectivity index (χ2v) is 4.58. The summed E-state index contributed by atoms with van der Waals surface area (Å²) in [6.07, 6.45) is 0.706. The van der Waals surface area contributed by atoms with Crippen LogP contribution in [0.5, 0.6) is 5.75 Å². The van der Waals surface area contributed by atoms with Gasteiger partial charge in [-0.1, -0.05) is 12.1 Å². The Hall–Kier alpha value is -1.93. The summed E-state index contributed by atoms with van der Waals surface area (Å²) in [5, 5.41) is 36.2. The maximum Gasteiger partial charge on any atom is 0.330 e. The van der Waals surface area contributed by atoms with Crippen molar-refractivity contribution in [3.8, 4) is 5.75 Å². The van der Waals surface area contributed by atoms with Crippen LogP contribution in [0.4, 0.5) is 0 Å². The molecule has 1 rings (SSSR count). The van der Waals surface area contributed by atoms with Gasteiger partial charge >= 0.3 is 5.97 Å². The van der Waals surface area contributed by atoms with Crippen LogP contribution >= 0.6 is 0 Å². The van der Waals surface area contributed by atoms with E-state index in [2.05, 4.69) is 0 Å². The third-order valence-corrected chi connectivity index (χ3v) is 2.55. The number of aliphatic hydroxyl groups is 3. The third-order valence-electron chi connectivity index (χ3n) is 2.55. The maximum absolute atomic E-state index is 11.4. The van der Waals surface area contributed by atoms with Crippen LogP contribution in [0.3, 0.4) is 0 Å². The molecule has 0 radical (unpaired) electrons. The van der Waals surface area contributed by atoms with E-state index in [9.17, 15) is 9.90 Å². The average molecular weight is 312 g/mol. The molecule has 2 atom stereocenters. The average Bonchev–Trinajstić information content (AvgIpc) is 2.52. The van der Waals surface area contributed by atoms with E-state index in [0.717, 1.165) is 5.56 Å². The van der Waals surface area contributed by atoms with Crippen LogP contribution in [-0.4, -0.2) is 65.0 Å². The number of benzene rings is 1. The van der Waals surface area contributed by atoms with E-state index in [1.54, 1.807) is 12.1 Å². The molecule has 0 aromatic heterocycles. The first-order valence-corrected chi connectivity index (χ1v) is 6.70. The Balaban J connectivity index is 2.23. The summed E-state index contributed by atoms with van der Waals surface area (Å²) >= 11 is 0. The van der Waals surface area contributed by atoms with Crippen LogP contribution < -0.4 is 0 Å². The van der Waals surface area contributed by atoms with Gasteiger partial charge in [-0.2, -0.15) is 0 Å². The minimum absolute atomic E-state index is 0.109. The summed E-state index contributed by atoms with van der Waals surface area (Å²) in [6.45, 7) is -0.893. The molecule has 0 aliphatic carbocycles. The molecule has 0 amide bonds. The van der Waals surface area contributed by atoms with E-state index in [0.29, 0.717) is 0 Å². The zero-order valence-corrected chi connectivity index (χ0v) is 12.0. The van der Waals surface area contributed by atoms with Gasteiger partial charge in [0, 0.05) is 6.08 Å². The van der Waals surface area contributed by atoms with Gasteiger partial charge in [0.2, 0.25) is 0 Å². The summed E-state index contributed by atoms with van der Waals surface area (Å²) in [4.78, 5) is 11.4. The molecule has 1 aromatic carbocycles. The maximum atomic E-state index is 11.4. The fourth-order valence-electron chi connectivity index (χ4n) is 1.42. The van der Waals surface area contributed by atoms with Crippen LogP contribution in [0.1, 0.15) is 5.56 Å². The standard InChI is InChI=1S/C15H20O7/c16-7-13(18)8-21-9-14(19)10-22-15(20)6-3-11-1-4-12(17)5-2-11/h1-6,13-14,16-19H,7-10H2/b6-3+. The number of ether oxygens (including phenoxy) is 2. The number of carbonyl (C=O) groups excluding carboxylic acids is 1. The van der Waals surface area contributed by atoms with Gasteiger partial charge < -0.3 is 29.9 Å². The van der Waals surface area contributed by atoms with Crippen molar-refractivity contribution < 1.29 is 34.7 Å². The number of rotatable bonds is 9. The molecule has 0 spiro atoms. The van der Waals surface area contributed by atoms with Crippen LogP contribution in [-0.2, 0) is 14.3 Å². The minimum Gasteiger partial charge on any atom is -0.508 e. The molecule has 1 aromatic rings. The van der Waals surface area contributed by atoms with E-state index in [1.807, 2.05) is 0 Å². The van der Waals surface area contributed by atoms with E-state index >= 15 is 0 Å². The molecule has 0 saturated heterocycles. The number of esters is 1. The Bertz CT molecular complexity index is 469. The van der Waals surface area contributed by atoms with Crippen LogP contribution in [0, 0.1) is 0 Å². The SMILES string of the molecule is O=C(/C=C/c1ccc(O)cc1)OCC(O)COCC(O)CO. The summed E-state index contributed by atoms with van der Waals surface area (Å²) < 4.78 is 9.74. The van der Waals surface area contributed by atoms with Gasteiger partial charge in [0.05, 0.1) is 19.8 Å². The highest BCUT2D eigenvalue weighted by Gasteiger charge is 2.09. The number of phenols is 1. The number of aliphatic hydroxyl groups excluding tert-OH is 3. The van der Waals surface area contributed by atoms with Crippen molar-refractivity contribution >= 4 is 12.0 Å². The van der Waals surface area contributed by atoms with Crippen molar-refractivity contribution in [3.05, 3.63) is 35.9 Å². The Morgan fingerprint density at radius 3 is 2.36 bits per heavy atom. The molecule has 0 fully saturated rings. The van der Waals surface area contributed by atoms with Crippen LogP contribution in [0.2, 0.25) is 0 Å². The molecule has 7 nitrogen and oxygen atoms in total. The summed E-state index contributed by atoms with van der Waals surface area (Å²) in [7, 11) is 0. The molecule has 0 saturated carbocycles. The predicted octanol–water partition coefficient (Wildman–Crippen LogP) is -0.321. The number of carbonyl (C=O) groups is 1. The number of hydrogen-bond acceptors (Lipinski definition) is 7. The van der Waals surface area contributed by atoms with Gasteiger partial charge in [-0.25, -0.2) is 4.79 Å². The third kappa shape index (κ3) is 7.75. The lowest BCUT2D eigenvalue weighted by atomic mass is 10.2. The van der Waals surface area contributed by atoms with Crippen molar-refractivity contribution in [1.29, 1.82) is 0 Å². The highest BCUT2D eigenvalue weighted by Crippen LogP contribution is 2.10. The van der Waals surface area contributed by atoms with Gasteiger partial charge in [-0.05, 0) is 23.8 Å². The van der Waals surface area contributed by atoms with Crippen molar-refractivity contribution in [2.45, 2.75) is 12.2 Å². The topological polar surface area (TPSA) is 116 Å². The minimum atomic E-state index is -1.02. The Morgan fingerprint density at radius 1 is 1.09 bits per heavy atom. The fourth-order valence-corrected chi connectivity index (χ4v) is 1.42. The Morgan fingerprint density at radius 2 is 1.73 bits per heavy atom. The van der Waals surface area contributed by atoms with E-state index < -0.39 is 24.8 Å². The number of aromatic hydroxyl groups is 1. The first-order valence-electron chi connectivity index (χ1n) is 6.70. The molecule has 2 unspecified atom stereocenters. The van der Waals surface area contributed by atoms with Gasteiger partial charge in [-0.3, -0.25) is 0 Å². The molecular weight excluding hydrogens is 292 g/mol. The Kier molecular flexibility index (Phi) is 8.16. The van der Waals surface area contributed by atoms with Gasteiger partial charge in [0.15, 0.2) is 0 Å². The molecule has 0 heterocycles. The molecule has 0 aliphatic rings. The molecule has 0 bridgehead atoms. The number of hydrogen-bond donors (Lipinski definition) is 4. The predicted molar refractivity (Wildman–Crippen MR) is 78.0 cm³/mol. The molecular formula is C15H20O7. The fraction of sp³-hybridized carbons (Fsp3) is 0.400. The van der Waals surface area contributed by atoms with Gasteiger partial charge in [0.1, 0.15) is 24.6 Å². The second-order valence-electron chi connectivity index (χ2n) is 4.58. The van der Waals surface area contributed by atoms with E-state index in [4.69, 9.17) is 24.8 Å². The molecule has 22 heavy (non-hydrogen) atoms. The zero-order chi connectivity index (χ0) is 16.4. The largest absolute Gasteiger partial charge is 0.508 e.